The van der Waals surface area contributed by atoms with Gasteiger partial charge in [0, 0.05) is 0 Å². The van der Waals surface area contributed by atoms with Gasteiger partial charge >= 0.3 is 0 Å². The van der Waals surface area contributed by atoms with Gasteiger partial charge in [0.15, 0.2) is 0 Å². The third-order valence-electron chi connectivity index (χ3n) is 5.54. The molecule has 0 amide bonds. The molecule has 0 nitrogen and oxygen atoms in total. The maximum Gasteiger partial charge on any atom is -0.00821 e. The third kappa shape index (κ3) is 1.27. The van der Waals surface area contributed by atoms with Gasteiger partial charge in [-0.2, -0.15) is 0 Å². The molecule has 0 aliphatic heterocycles. The van der Waals surface area contributed by atoms with Gasteiger partial charge in [-0.05, 0) is 59.6 Å². The minimum atomic E-state index is 0.369. The molecule has 0 bridgehead atoms. The molecule has 2 atom stereocenters. The van der Waals surface area contributed by atoms with Crippen LogP contribution >= 0.6 is 0 Å². The molecule has 1 aromatic carbocycles. The maximum absolute atomic E-state index is 2.43. The maximum atomic E-state index is 2.43. The van der Waals surface area contributed by atoms with Crippen LogP contribution in [0.15, 0.2) is 29.8 Å². The lowest BCUT2D eigenvalue weighted by Gasteiger charge is -2.52. The van der Waals surface area contributed by atoms with Crippen LogP contribution in [0.3, 0.4) is 0 Å². The molecule has 3 aliphatic rings. The number of fused-ring (bicyclic) bond motifs is 5. The summed E-state index contributed by atoms with van der Waals surface area (Å²) in [4.78, 5) is 0. The first-order valence-electron chi connectivity index (χ1n) is 7.51. The molecule has 0 heterocycles. The zero-order valence-electron chi connectivity index (χ0n) is 11.5. The smallest absolute Gasteiger partial charge is 0.00821 e. The number of allylic oxidation sites excluding steroid dienone is 2. The summed E-state index contributed by atoms with van der Waals surface area (Å²) < 4.78 is 0. The fourth-order valence-electron chi connectivity index (χ4n) is 4.75. The van der Waals surface area contributed by atoms with Crippen molar-refractivity contribution in [3.05, 3.63) is 41.0 Å². The Hall–Kier alpha value is -1.04. The van der Waals surface area contributed by atoms with Crippen molar-refractivity contribution >= 4 is 5.57 Å². The minimum absolute atomic E-state index is 0.369. The Morgan fingerprint density at radius 3 is 2.78 bits per heavy atom. The molecular weight excluding hydrogens is 216 g/mol. The van der Waals surface area contributed by atoms with Crippen molar-refractivity contribution in [3.63, 3.8) is 0 Å². The first-order chi connectivity index (χ1) is 8.68. The molecule has 1 aromatic rings. The Balaban J connectivity index is 1.91. The molecule has 1 fully saturated rings. The summed E-state index contributed by atoms with van der Waals surface area (Å²) in [7, 11) is 0. The predicted octanol–water partition coefficient (Wildman–Crippen LogP) is 4.94. The van der Waals surface area contributed by atoms with Crippen LogP contribution in [0, 0.1) is 11.8 Å². The van der Waals surface area contributed by atoms with Crippen molar-refractivity contribution in [1.82, 2.24) is 0 Å². The fourth-order valence-corrected chi connectivity index (χ4v) is 4.75. The van der Waals surface area contributed by atoms with E-state index in [0.29, 0.717) is 5.41 Å². The topological polar surface area (TPSA) is 0 Å². The number of benzene rings is 1. The van der Waals surface area contributed by atoms with Crippen LogP contribution in [-0.4, -0.2) is 0 Å². The second-order valence-electron chi connectivity index (χ2n) is 7.03. The molecule has 3 aliphatic carbocycles. The second-order valence-corrected chi connectivity index (χ2v) is 7.03. The molecule has 0 spiro atoms. The van der Waals surface area contributed by atoms with E-state index in [1.165, 1.54) is 32.1 Å². The van der Waals surface area contributed by atoms with Crippen LogP contribution in [0.25, 0.3) is 5.57 Å². The van der Waals surface area contributed by atoms with Gasteiger partial charge in [0.05, 0.1) is 0 Å². The molecule has 4 rings (SSSR count). The zero-order chi connectivity index (χ0) is 12.3. The van der Waals surface area contributed by atoms with Gasteiger partial charge in [-0.3, -0.25) is 0 Å². The van der Waals surface area contributed by atoms with Crippen molar-refractivity contribution in [2.24, 2.45) is 11.8 Å². The van der Waals surface area contributed by atoms with Gasteiger partial charge in [0.1, 0.15) is 0 Å². The molecular formula is C18H22. The molecule has 0 heteroatoms. The number of hydrogen-bond acceptors (Lipinski definition) is 0. The summed E-state index contributed by atoms with van der Waals surface area (Å²) >= 11 is 0. The van der Waals surface area contributed by atoms with Crippen molar-refractivity contribution in [2.75, 3.05) is 0 Å². The first kappa shape index (κ1) is 10.8. The lowest BCUT2D eigenvalue weighted by molar-refractivity contribution is 0.260. The van der Waals surface area contributed by atoms with E-state index >= 15 is 0 Å². The van der Waals surface area contributed by atoms with E-state index in [1.54, 1.807) is 16.7 Å². The van der Waals surface area contributed by atoms with Crippen molar-refractivity contribution in [3.8, 4) is 0 Å². The van der Waals surface area contributed by atoms with Gasteiger partial charge in [-0.25, -0.2) is 0 Å². The highest BCUT2D eigenvalue weighted by atomic mass is 14.5. The van der Waals surface area contributed by atoms with Crippen LogP contribution < -0.4 is 0 Å². The van der Waals surface area contributed by atoms with Crippen molar-refractivity contribution in [1.29, 1.82) is 0 Å². The lowest BCUT2D eigenvalue weighted by Crippen LogP contribution is -2.41. The van der Waals surface area contributed by atoms with Gasteiger partial charge in [0.25, 0.3) is 0 Å². The van der Waals surface area contributed by atoms with Crippen LogP contribution in [0.2, 0.25) is 0 Å². The van der Waals surface area contributed by atoms with E-state index in [1.807, 2.05) is 5.57 Å². The molecule has 94 valence electrons. The van der Waals surface area contributed by atoms with Crippen molar-refractivity contribution < 1.29 is 0 Å². The number of rotatable bonds is 0. The van der Waals surface area contributed by atoms with Gasteiger partial charge in [-0.1, -0.05) is 50.1 Å². The van der Waals surface area contributed by atoms with E-state index < -0.39 is 0 Å². The summed E-state index contributed by atoms with van der Waals surface area (Å²) in [6.07, 6.45) is 7.09. The highest BCUT2D eigenvalue weighted by molar-refractivity contribution is 5.81. The predicted molar refractivity (Wildman–Crippen MR) is 76.5 cm³/mol. The zero-order valence-corrected chi connectivity index (χ0v) is 11.5. The van der Waals surface area contributed by atoms with E-state index in [0.717, 1.165) is 11.8 Å². The third-order valence-corrected chi connectivity index (χ3v) is 5.54. The largest absolute Gasteiger partial charge is 0.0624 e. The lowest BCUT2D eigenvalue weighted by atomic mass is 9.52. The van der Waals surface area contributed by atoms with Crippen LogP contribution in [0.4, 0.5) is 0 Å². The monoisotopic (exact) mass is 238 g/mol. The Morgan fingerprint density at radius 2 is 1.89 bits per heavy atom. The average Bonchev–Trinajstić information content (AvgIpc) is 2.36. The SMILES string of the molecule is CC1(C)CC2C(=C3CCCCC32)c2ccccc21. The Kier molecular flexibility index (Phi) is 2.11. The average molecular weight is 238 g/mol. The van der Waals surface area contributed by atoms with E-state index in [4.69, 9.17) is 0 Å². The van der Waals surface area contributed by atoms with Crippen LogP contribution in [0.5, 0.6) is 0 Å². The molecule has 2 unspecified atom stereocenters. The minimum Gasteiger partial charge on any atom is -0.0624 e. The molecule has 0 radical (unpaired) electrons. The number of hydrogen-bond donors (Lipinski definition) is 0. The molecule has 0 N–H and O–H groups in total. The quantitative estimate of drug-likeness (QED) is 0.600. The van der Waals surface area contributed by atoms with E-state index in [-0.39, 0.29) is 0 Å². The molecule has 1 saturated carbocycles. The van der Waals surface area contributed by atoms with Crippen molar-refractivity contribution in [2.45, 2.75) is 51.4 Å². The van der Waals surface area contributed by atoms with E-state index in [2.05, 4.69) is 38.1 Å². The summed E-state index contributed by atoms with van der Waals surface area (Å²) in [5.41, 5.74) is 7.14. The summed E-state index contributed by atoms with van der Waals surface area (Å²) in [6.45, 7) is 4.87. The Bertz CT molecular complexity index is 533. The van der Waals surface area contributed by atoms with E-state index in [9.17, 15) is 0 Å². The Morgan fingerprint density at radius 1 is 1.06 bits per heavy atom. The summed E-state index contributed by atoms with van der Waals surface area (Å²) in [5, 5.41) is 0. The van der Waals surface area contributed by atoms with Gasteiger partial charge in [0.2, 0.25) is 0 Å². The Labute approximate surface area is 110 Å². The summed E-state index contributed by atoms with van der Waals surface area (Å²) in [6, 6.07) is 9.16. The molecule has 0 saturated heterocycles. The highest BCUT2D eigenvalue weighted by Gasteiger charge is 2.48. The fraction of sp³-hybridized carbons (Fsp3) is 0.556. The highest BCUT2D eigenvalue weighted by Crippen LogP contribution is 2.60. The van der Waals surface area contributed by atoms with Crippen LogP contribution in [0.1, 0.15) is 57.1 Å². The van der Waals surface area contributed by atoms with Crippen LogP contribution in [-0.2, 0) is 5.41 Å². The standard InChI is InChI=1S/C18H22/c1-18(2)11-15-12-7-3-4-8-13(12)17(15)14-9-5-6-10-16(14)18/h5-6,9-10,12,15H,3-4,7-8,11H2,1-2H3. The summed E-state index contributed by atoms with van der Waals surface area (Å²) in [5.74, 6) is 1.83. The second kappa shape index (κ2) is 3.50. The first-order valence-corrected chi connectivity index (χ1v) is 7.51. The normalized spacial score (nSPS) is 32.1. The van der Waals surface area contributed by atoms with Gasteiger partial charge < -0.3 is 0 Å². The molecule has 18 heavy (non-hydrogen) atoms. The molecule has 0 aromatic heterocycles. The van der Waals surface area contributed by atoms with Gasteiger partial charge in [-0.15, -0.1) is 0 Å².